The highest BCUT2D eigenvalue weighted by molar-refractivity contribution is 5.73. The molecule has 1 aliphatic rings. The summed E-state index contributed by atoms with van der Waals surface area (Å²) < 4.78 is 5.47. The van der Waals surface area contributed by atoms with Crippen molar-refractivity contribution in [2.75, 3.05) is 0 Å². The third-order valence-corrected chi connectivity index (χ3v) is 7.85. The van der Waals surface area contributed by atoms with Crippen molar-refractivity contribution < 1.29 is 9.53 Å². The van der Waals surface area contributed by atoms with E-state index < -0.39 is 0 Å². The van der Waals surface area contributed by atoms with Crippen LogP contribution in [0.4, 0.5) is 0 Å². The Balaban J connectivity index is 1.39. The molecule has 3 rings (SSSR count). The summed E-state index contributed by atoms with van der Waals surface area (Å²) in [5.41, 5.74) is 3.89. The normalized spacial score (nSPS) is 17.9. The molecule has 0 radical (unpaired) electrons. The van der Waals surface area contributed by atoms with Crippen LogP contribution in [0.2, 0.25) is 0 Å². The van der Waals surface area contributed by atoms with Crippen LogP contribution in [0.25, 0.3) is 11.1 Å². The van der Waals surface area contributed by atoms with Crippen molar-refractivity contribution in [2.45, 2.75) is 122 Å². The van der Waals surface area contributed by atoms with E-state index in [0.717, 1.165) is 31.1 Å². The molecule has 1 fully saturated rings. The first kappa shape index (κ1) is 27.5. The van der Waals surface area contributed by atoms with Crippen LogP contribution in [0.1, 0.15) is 128 Å². The number of esters is 1. The van der Waals surface area contributed by atoms with E-state index in [-0.39, 0.29) is 5.97 Å². The van der Waals surface area contributed by atoms with Gasteiger partial charge in [0.2, 0.25) is 0 Å². The molecule has 0 N–H and O–H groups in total. The van der Waals surface area contributed by atoms with Gasteiger partial charge in [0.25, 0.3) is 0 Å². The molecule has 1 aliphatic carbocycles. The summed E-state index contributed by atoms with van der Waals surface area (Å²) in [4.78, 5) is 11.9. The number of rotatable bonds is 15. The Hall–Kier alpha value is -2.09. The molecular weight excluding hydrogens is 428 g/mol. The highest BCUT2D eigenvalue weighted by Crippen LogP contribution is 2.38. The fraction of sp³-hybridized carbons (Fsp3) is 0.606. The molecule has 35 heavy (non-hydrogen) atoms. The summed E-state index contributed by atoms with van der Waals surface area (Å²) in [6, 6.07) is 17.1. The minimum absolute atomic E-state index is 0.132. The molecule has 2 heteroatoms. The molecule has 0 spiro atoms. The van der Waals surface area contributed by atoms with Gasteiger partial charge in [-0.25, -0.2) is 0 Å². The molecule has 1 saturated carbocycles. The van der Waals surface area contributed by atoms with Crippen LogP contribution >= 0.6 is 0 Å². The van der Waals surface area contributed by atoms with Gasteiger partial charge in [-0.3, -0.25) is 4.79 Å². The van der Waals surface area contributed by atoms with Gasteiger partial charge in [-0.15, -0.1) is 0 Å². The van der Waals surface area contributed by atoms with Gasteiger partial charge in [-0.1, -0.05) is 114 Å². The van der Waals surface area contributed by atoms with Crippen LogP contribution < -0.4 is 4.74 Å². The lowest BCUT2D eigenvalue weighted by atomic mass is 9.77. The van der Waals surface area contributed by atoms with Crippen molar-refractivity contribution in [2.24, 2.45) is 5.92 Å². The maximum absolute atomic E-state index is 11.9. The second-order valence-electron chi connectivity index (χ2n) is 10.7. The molecule has 0 heterocycles. The van der Waals surface area contributed by atoms with E-state index in [1.165, 1.54) is 93.7 Å². The average Bonchev–Trinajstić information content (AvgIpc) is 2.89. The molecular formula is C33H48O2. The van der Waals surface area contributed by atoms with E-state index >= 15 is 0 Å². The molecule has 2 aromatic rings. The third-order valence-electron chi connectivity index (χ3n) is 7.85. The van der Waals surface area contributed by atoms with Crippen LogP contribution in [0, 0.1) is 5.92 Å². The fourth-order valence-corrected chi connectivity index (χ4v) is 5.54. The molecule has 0 atom stereocenters. The van der Waals surface area contributed by atoms with E-state index in [0.29, 0.717) is 12.2 Å². The molecule has 0 aliphatic heterocycles. The van der Waals surface area contributed by atoms with E-state index in [1.54, 1.807) is 0 Å². The zero-order valence-corrected chi connectivity index (χ0v) is 22.4. The van der Waals surface area contributed by atoms with E-state index in [9.17, 15) is 4.79 Å². The van der Waals surface area contributed by atoms with Crippen LogP contribution in [-0.4, -0.2) is 5.97 Å². The highest BCUT2D eigenvalue weighted by Gasteiger charge is 2.22. The van der Waals surface area contributed by atoms with Crippen molar-refractivity contribution in [3.8, 4) is 16.9 Å². The molecule has 0 saturated heterocycles. The Kier molecular flexibility index (Phi) is 12.4. The van der Waals surface area contributed by atoms with Gasteiger partial charge in [0.05, 0.1) is 0 Å². The Bertz CT molecular complexity index is 828. The topological polar surface area (TPSA) is 26.3 Å². The standard InChI is InChI=1S/C33H48O2/c1-3-5-7-8-9-10-12-13-27-15-17-28(18-16-27)29-19-21-30(22-20-29)31-23-25-32(26-24-31)35-33(34)14-11-6-4-2/h19-28H,3-18H2,1-2H3. The first-order valence-corrected chi connectivity index (χ1v) is 14.6. The molecule has 2 nitrogen and oxygen atoms in total. The Morgan fingerprint density at radius 2 is 1.23 bits per heavy atom. The van der Waals surface area contributed by atoms with Crippen molar-refractivity contribution in [3.63, 3.8) is 0 Å². The van der Waals surface area contributed by atoms with Gasteiger partial charge in [-0.05, 0) is 72.8 Å². The van der Waals surface area contributed by atoms with Gasteiger partial charge in [0.1, 0.15) is 5.75 Å². The van der Waals surface area contributed by atoms with Crippen LogP contribution in [0.15, 0.2) is 48.5 Å². The SMILES string of the molecule is CCCCCCCCCC1CCC(c2ccc(-c3ccc(OC(=O)CCCCC)cc3)cc2)CC1. The van der Waals surface area contributed by atoms with Crippen molar-refractivity contribution in [1.82, 2.24) is 0 Å². The van der Waals surface area contributed by atoms with Gasteiger partial charge in [-0.2, -0.15) is 0 Å². The van der Waals surface area contributed by atoms with Crippen LogP contribution in [-0.2, 0) is 4.79 Å². The second-order valence-corrected chi connectivity index (χ2v) is 10.7. The minimum Gasteiger partial charge on any atom is -0.427 e. The number of unbranched alkanes of at least 4 members (excludes halogenated alkanes) is 8. The van der Waals surface area contributed by atoms with Gasteiger partial charge in [0, 0.05) is 6.42 Å². The summed E-state index contributed by atoms with van der Waals surface area (Å²) in [5.74, 6) is 2.19. The quantitative estimate of drug-likeness (QED) is 0.145. The van der Waals surface area contributed by atoms with Crippen molar-refractivity contribution in [1.29, 1.82) is 0 Å². The number of carbonyl (C=O) groups excluding carboxylic acids is 1. The summed E-state index contributed by atoms with van der Waals surface area (Å²) in [5, 5.41) is 0. The Morgan fingerprint density at radius 3 is 1.86 bits per heavy atom. The zero-order valence-electron chi connectivity index (χ0n) is 22.4. The summed E-state index contributed by atoms with van der Waals surface area (Å²) in [6.07, 6.45) is 20.5. The van der Waals surface area contributed by atoms with Gasteiger partial charge in [0.15, 0.2) is 0 Å². The monoisotopic (exact) mass is 476 g/mol. The minimum atomic E-state index is -0.132. The lowest BCUT2D eigenvalue weighted by Crippen LogP contribution is -2.13. The largest absolute Gasteiger partial charge is 0.427 e. The second kappa shape index (κ2) is 15.8. The molecule has 192 valence electrons. The summed E-state index contributed by atoms with van der Waals surface area (Å²) >= 11 is 0. The predicted molar refractivity (Wildman–Crippen MR) is 149 cm³/mol. The third kappa shape index (κ3) is 9.82. The molecule has 0 aromatic heterocycles. The first-order valence-electron chi connectivity index (χ1n) is 14.6. The smallest absolute Gasteiger partial charge is 0.311 e. The molecule has 0 bridgehead atoms. The van der Waals surface area contributed by atoms with Gasteiger partial charge < -0.3 is 4.74 Å². The molecule has 2 aromatic carbocycles. The van der Waals surface area contributed by atoms with Gasteiger partial charge >= 0.3 is 5.97 Å². The fourth-order valence-electron chi connectivity index (χ4n) is 5.54. The van der Waals surface area contributed by atoms with E-state index in [4.69, 9.17) is 4.74 Å². The lowest BCUT2D eigenvalue weighted by molar-refractivity contribution is -0.134. The molecule has 0 unspecified atom stereocenters. The van der Waals surface area contributed by atoms with E-state index in [2.05, 4.69) is 50.2 Å². The average molecular weight is 477 g/mol. The van der Waals surface area contributed by atoms with Crippen LogP contribution in [0.3, 0.4) is 0 Å². The first-order chi connectivity index (χ1) is 17.2. The number of ether oxygens (including phenoxy) is 1. The maximum atomic E-state index is 11.9. The lowest BCUT2D eigenvalue weighted by Gasteiger charge is -2.29. The Morgan fingerprint density at radius 1 is 0.686 bits per heavy atom. The molecule has 0 amide bonds. The summed E-state index contributed by atoms with van der Waals surface area (Å²) in [7, 11) is 0. The zero-order chi connectivity index (χ0) is 24.7. The van der Waals surface area contributed by atoms with Crippen molar-refractivity contribution >= 4 is 5.97 Å². The number of benzene rings is 2. The van der Waals surface area contributed by atoms with Crippen molar-refractivity contribution in [3.05, 3.63) is 54.1 Å². The number of carbonyl (C=O) groups is 1. The van der Waals surface area contributed by atoms with Crippen LogP contribution in [0.5, 0.6) is 5.75 Å². The van der Waals surface area contributed by atoms with E-state index in [1.807, 2.05) is 12.1 Å². The summed E-state index contributed by atoms with van der Waals surface area (Å²) in [6.45, 7) is 4.43. The number of hydrogen-bond acceptors (Lipinski definition) is 2. The predicted octanol–water partition coefficient (Wildman–Crippen LogP) is 10.3. The highest BCUT2D eigenvalue weighted by atomic mass is 16.5. The maximum Gasteiger partial charge on any atom is 0.311 e. The Labute approximate surface area is 214 Å². The number of hydrogen-bond donors (Lipinski definition) is 0.